The van der Waals surface area contributed by atoms with Crippen LogP contribution in [-0.2, 0) is 4.87 Å². The van der Waals surface area contributed by atoms with Crippen LogP contribution >= 0.6 is 23.2 Å². The van der Waals surface area contributed by atoms with E-state index in [1.807, 2.05) is 32.0 Å². The summed E-state index contributed by atoms with van der Waals surface area (Å²) in [5, 5.41) is 0.695. The van der Waals surface area contributed by atoms with Crippen LogP contribution in [0.3, 0.4) is 0 Å². The van der Waals surface area contributed by atoms with E-state index < -0.39 is 4.87 Å². The van der Waals surface area contributed by atoms with Crippen LogP contribution < -0.4 is 0 Å². The number of fused-ring (bicyclic) bond motifs is 1. The quantitative estimate of drug-likeness (QED) is 0.742. The number of nitrogens with zero attached hydrogens (tertiary/aromatic N) is 1. The van der Waals surface area contributed by atoms with Crippen LogP contribution in [0.15, 0.2) is 18.2 Å². The molecule has 0 saturated heterocycles. The molecule has 0 unspecified atom stereocenters. The molecule has 0 radical (unpaired) electrons. The Morgan fingerprint density at radius 2 is 2.07 bits per heavy atom. The minimum absolute atomic E-state index is 0.481. The smallest absolute Gasteiger partial charge is 0.127 e. The zero-order chi connectivity index (χ0) is 10.3. The van der Waals surface area contributed by atoms with Gasteiger partial charge in [0.05, 0.1) is 15.9 Å². The molecule has 1 N–H and O–H groups in total. The molecule has 0 spiro atoms. The van der Waals surface area contributed by atoms with E-state index in [4.69, 9.17) is 23.2 Å². The number of benzene rings is 1. The van der Waals surface area contributed by atoms with Gasteiger partial charge in [-0.25, -0.2) is 4.98 Å². The zero-order valence-electron chi connectivity index (χ0n) is 7.94. The number of aromatic nitrogens is 2. The van der Waals surface area contributed by atoms with Gasteiger partial charge < -0.3 is 4.98 Å². The monoisotopic (exact) mass is 228 g/mol. The Balaban J connectivity index is 2.63. The van der Waals surface area contributed by atoms with Gasteiger partial charge in [0.2, 0.25) is 0 Å². The second-order valence-electron chi connectivity index (χ2n) is 3.72. The molecule has 0 aliphatic rings. The third-order valence-corrected chi connectivity index (χ3v) is 2.42. The highest BCUT2D eigenvalue weighted by Crippen LogP contribution is 2.27. The standard InChI is InChI=1S/C10H10Cl2N2/c1-10(2,12)9-13-7-4-3-6(11)5-8(7)14-9/h3-5H,1-2H3,(H,13,14). The van der Waals surface area contributed by atoms with Crippen molar-refractivity contribution in [2.45, 2.75) is 18.7 Å². The molecule has 0 saturated carbocycles. The summed E-state index contributed by atoms with van der Waals surface area (Å²) in [7, 11) is 0. The van der Waals surface area contributed by atoms with Gasteiger partial charge >= 0.3 is 0 Å². The molecule has 1 heterocycles. The van der Waals surface area contributed by atoms with Crippen molar-refractivity contribution in [3.63, 3.8) is 0 Å². The molecule has 2 nitrogen and oxygen atoms in total. The number of hydrogen-bond acceptors (Lipinski definition) is 1. The van der Waals surface area contributed by atoms with Gasteiger partial charge in [-0.1, -0.05) is 11.6 Å². The lowest BCUT2D eigenvalue weighted by molar-refractivity contribution is 0.711. The Morgan fingerprint density at radius 3 is 2.71 bits per heavy atom. The Hall–Kier alpha value is -0.730. The molecule has 14 heavy (non-hydrogen) atoms. The molecular formula is C10H10Cl2N2. The van der Waals surface area contributed by atoms with E-state index in [2.05, 4.69) is 9.97 Å². The molecule has 0 amide bonds. The maximum Gasteiger partial charge on any atom is 0.127 e. The summed E-state index contributed by atoms with van der Waals surface area (Å²) in [6, 6.07) is 5.53. The highest BCUT2D eigenvalue weighted by molar-refractivity contribution is 6.31. The fraction of sp³-hybridized carbons (Fsp3) is 0.300. The van der Waals surface area contributed by atoms with Crippen molar-refractivity contribution in [3.8, 4) is 0 Å². The van der Waals surface area contributed by atoms with Crippen molar-refractivity contribution in [3.05, 3.63) is 29.0 Å². The van der Waals surface area contributed by atoms with E-state index in [0.29, 0.717) is 5.02 Å². The first-order chi connectivity index (χ1) is 6.47. The molecule has 0 atom stereocenters. The van der Waals surface area contributed by atoms with Gasteiger partial charge in [-0.3, -0.25) is 0 Å². The second kappa shape index (κ2) is 3.14. The van der Waals surface area contributed by atoms with Crippen LogP contribution in [0.1, 0.15) is 19.7 Å². The van der Waals surface area contributed by atoms with Gasteiger partial charge in [0.1, 0.15) is 5.82 Å². The Kier molecular flexibility index (Phi) is 2.20. The van der Waals surface area contributed by atoms with Crippen molar-refractivity contribution in [1.82, 2.24) is 9.97 Å². The first-order valence-corrected chi connectivity index (χ1v) is 5.07. The summed E-state index contributed by atoms with van der Waals surface area (Å²) in [6.45, 7) is 3.79. The van der Waals surface area contributed by atoms with E-state index >= 15 is 0 Å². The van der Waals surface area contributed by atoms with Gasteiger partial charge in [-0.05, 0) is 32.0 Å². The molecule has 74 valence electrons. The van der Waals surface area contributed by atoms with Crippen LogP contribution in [0.5, 0.6) is 0 Å². The summed E-state index contributed by atoms with van der Waals surface area (Å²) in [4.78, 5) is 7.05. The topological polar surface area (TPSA) is 28.7 Å². The first kappa shape index (κ1) is 9.81. The van der Waals surface area contributed by atoms with Gasteiger partial charge in [0.25, 0.3) is 0 Å². The average Bonchev–Trinajstić information content (AvgIpc) is 2.45. The van der Waals surface area contributed by atoms with Crippen LogP contribution in [0, 0.1) is 0 Å². The summed E-state index contributed by atoms with van der Waals surface area (Å²) in [6.07, 6.45) is 0. The summed E-state index contributed by atoms with van der Waals surface area (Å²) in [5.41, 5.74) is 1.80. The van der Waals surface area contributed by atoms with Crippen LogP contribution in [-0.4, -0.2) is 9.97 Å². The molecule has 0 fully saturated rings. The number of imidazole rings is 1. The molecule has 0 bridgehead atoms. The fourth-order valence-electron chi connectivity index (χ4n) is 1.26. The fourth-order valence-corrected chi connectivity index (χ4v) is 1.53. The summed E-state index contributed by atoms with van der Waals surface area (Å²) >= 11 is 12.0. The normalized spacial score (nSPS) is 12.3. The Morgan fingerprint density at radius 1 is 1.36 bits per heavy atom. The number of rotatable bonds is 1. The predicted octanol–water partition coefficient (Wildman–Crippen LogP) is 3.69. The molecular weight excluding hydrogens is 219 g/mol. The van der Waals surface area contributed by atoms with Crippen molar-refractivity contribution in [2.24, 2.45) is 0 Å². The van der Waals surface area contributed by atoms with Crippen LogP contribution in [0.25, 0.3) is 11.0 Å². The molecule has 1 aromatic carbocycles. The van der Waals surface area contributed by atoms with Crippen molar-refractivity contribution in [2.75, 3.05) is 0 Å². The lowest BCUT2D eigenvalue weighted by Gasteiger charge is -2.10. The Bertz CT molecular complexity index is 468. The van der Waals surface area contributed by atoms with Gasteiger partial charge in [-0.15, -0.1) is 11.6 Å². The number of nitrogens with one attached hydrogen (secondary N) is 1. The maximum absolute atomic E-state index is 6.14. The van der Waals surface area contributed by atoms with E-state index in [9.17, 15) is 0 Å². The summed E-state index contributed by atoms with van der Waals surface area (Å²) < 4.78 is 0. The molecule has 4 heteroatoms. The van der Waals surface area contributed by atoms with Crippen LogP contribution in [0.4, 0.5) is 0 Å². The third kappa shape index (κ3) is 1.72. The molecule has 2 aromatic rings. The minimum atomic E-state index is -0.481. The molecule has 2 rings (SSSR count). The van der Waals surface area contributed by atoms with Gasteiger partial charge in [0, 0.05) is 5.02 Å². The van der Waals surface area contributed by atoms with Crippen molar-refractivity contribution >= 4 is 34.2 Å². The van der Waals surface area contributed by atoms with E-state index in [1.54, 1.807) is 0 Å². The minimum Gasteiger partial charge on any atom is -0.340 e. The van der Waals surface area contributed by atoms with Crippen LogP contribution in [0.2, 0.25) is 5.02 Å². The molecule has 0 aliphatic carbocycles. The van der Waals surface area contributed by atoms with E-state index in [-0.39, 0.29) is 0 Å². The SMILES string of the molecule is CC(C)(Cl)c1nc2ccc(Cl)cc2[nH]1. The third-order valence-electron chi connectivity index (χ3n) is 2.01. The number of alkyl halides is 1. The van der Waals surface area contributed by atoms with E-state index in [1.165, 1.54) is 0 Å². The van der Waals surface area contributed by atoms with E-state index in [0.717, 1.165) is 16.9 Å². The molecule has 0 aliphatic heterocycles. The van der Waals surface area contributed by atoms with Gasteiger partial charge in [-0.2, -0.15) is 0 Å². The predicted molar refractivity (Wildman–Crippen MR) is 60.0 cm³/mol. The number of halogens is 2. The van der Waals surface area contributed by atoms with Gasteiger partial charge in [0.15, 0.2) is 0 Å². The van der Waals surface area contributed by atoms with Crippen molar-refractivity contribution in [1.29, 1.82) is 0 Å². The number of hydrogen-bond donors (Lipinski definition) is 1. The lowest BCUT2D eigenvalue weighted by Crippen LogP contribution is -2.09. The highest BCUT2D eigenvalue weighted by Gasteiger charge is 2.20. The summed E-state index contributed by atoms with van der Waals surface area (Å²) in [5.74, 6) is 0.761. The molecule has 1 aromatic heterocycles. The zero-order valence-corrected chi connectivity index (χ0v) is 9.45. The maximum atomic E-state index is 6.14. The lowest BCUT2D eigenvalue weighted by atomic mass is 10.2. The number of H-pyrrole nitrogens is 1. The number of aromatic amines is 1. The average molecular weight is 229 g/mol. The highest BCUT2D eigenvalue weighted by atomic mass is 35.5. The largest absolute Gasteiger partial charge is 0.340 e. The van der Waals surface area contributed by atoms with Crippen molar-refractivity contribution < 1.29 is 0 Å². The second-order valence-corrected chi connectivity index (χ2v) is 5.10. The first-order valence-electron chi connectivity index (χ1n) is 4.31. The Labute approximate surface area is 92.2 Å².